The van der Waals surface area contributed by atoms with Gasteiger partial charge >= 0.3 is 0 Å². The molecule has 5 rings (SSSR count). The van der Waals surface area contributed by atoms with Crippen LogP contribution in [0.25, 0.3) is 11.0 Å². The predicted molar refractivity (Wildman–Crippen MR) is 125 cm³/mol. The first-order valence-corrected chi connectivity index (χ1v) is 12.6. The lowest BCUT2D eigenvalue weighted by molar-refractivity contribution is -0.133. The fourth-order valence-electron chi connectivity index (χ4n) is 5.87. The summed E-state index contributed by atoms with van der Waals surface area (Å²) in [6.07, 6.45) is 12.3. The Kier molecular flexibility index (Phi) is 6.35. The van der Waals surface area contributed by atoms with E-state index in [-0.39, 0.29) is 6.10 Å². The zero-order valence-corrected chi connectivity index (χ0v) is 19.7. The van der Waals surface area contributed by atoms with E-state index in [1.165, 1.54) is 43.4 Å². The molecule has 174 valence electrons. The lowest BCUT2D eigenvalue weighted by Crippen LogP contribution is -2.46. The zero-order chi connectivity index (χ0) is 22.1. The fraction of sp³-hybridized carbons (Fsp3) is 0.720. The van der Waals surface area contributed by atoms with Crippen LogP contribution in [0.1, 0.15) is 75.1 Å². The molecule has 0 bridgehead atoms. The van der Waals surface area contributed by atoms with Crippen LogP contribution in [0.15, 0.2) is 6.33 Å². The van der Waals surface area contributed by atoms with Crippen molar-refractivity contribution in [3.63, 3.8) is 0 Å². The quantitative estimate of drug-likeness (QED) is 0.704. The molecule has 7 nitrogen and oxygen atoms in total. The number of carbonyl (C=O) groups excluding carboxylic acids is 1. The number of hydrogen-bond donors (Lipinski definition) is 0. The zero-order valence-electron chi connectivity index (χ0n) is 19.7. The highest BCUT2D eigenvalue weighted by Gasteiger charge is 2.28. The minimum absolute atomic E-state index is 0.143. The molecule has 7 heteroatoms. The third-order valence-corrected chi connectivity index (χ3v) is 7.87. The molecule has 0 unspecified atom stereocenters. The van der Waals surface area contributed by atoms with E-state index in [0.717, 1.165) is 68.8 Å². The second-order valence-electron chi connectivity index (χ2n) is 9.93. The van der Waals surface area contributed by atoms with Gasteiger partial charge in [-0.05, 0) is 64.4 Å². The minimum Gasteiger partial charge on any atom is -0.474 e. The van der Waals surface area contributed by atoms with Gasteiger partial charge in [-0.15, -0.1) is 0 Å². The fourth-order valence-corrected chi connectivity index (χ4v) is 5.87. The highest BCUT2D eigenvalue weighted by molar-refractivity contribution is 5.86. The minimum atomic E-state index is 0.143. The van der Waals surface area contributed by atoms with Gasteiger partial charge in [-0.2, -0.15) is 0 Å². The molecule has 0 radical (unpaired) electrons. The molecule has 0 spiro atoms. The average Bonchev–Trinajstić information content (AvgIpc) is 3.43. The molecule has 1 amide bonds. The molecule has 0 N–H and O–H groups in total. The predicted octanol–water partition coefficient (Wildman–Crippen LogP) is 4.02. The molecular formula is C25H37N5O2. The molecular weight excluding hydrogens is 402 g/mol. The van der Waals surface area contributed by atoms with Gasteiger partial charge in [0, 0.05) is 37.9 Å². The molecule has 2 aliphatic heterocycles. The summed E-state index contributed by atoms with van der Waals surface area (Å²) in [6, 6.07) is 0.551. The number of likely N-dealkylation sites (tertiary alicyclic amines) is 2. The van der Waals surface area contributed by atoms with E-state index in [4.69, 9.17) is 4.74 Å². The van der Waals surface area contributed by atoms with Crippen molar-refractivity contribution in [3.8, 4) is 5.88 Å². The van der Waals surface area contributed by atoms with Crippen LogP contribution in [0.4, 0.5) is 0 Å². The average molecular weight is 440 g/mol. The van der Waals surface area contributed by atoms with Crippen molar-refractivity contribution in [1.29, 1.82) is 0 Å². The van der Waals surface area contributed by atoms with Gasteiger partial charge in [0.05, 0.1) is 11.9 Å². The number of fused-ring (bicyclic) bond motifs is 1. The first-order chi connectivity index (χ1) is 15.6. The molecule has 2 saturated heterocycles. The van der Waals surface area contributed by atoms with E-state index in [2.05, 4.69) is 33.3 Å². The van der Waals surface area contributed by atoms with E-state index in [1.54, 1.807) is 6.33 Å². The van der Waals surface area contributed by atoms with Gasteiger partial charge in [-0.3, -0.25) is 9.69 Å². The van der Waals surface area contributed by atoms with Crippen molar-refractivity contribution in [1.82, 2.24) is 24.3 Å². The number of hydrogen-bond acceptors (Lipinski definition) is 5. The highest BCUT2D eigenvalue weighted by atomic mass is 16.5. The van der Waals surface area contributed by atoms with E-state index in [0.29, 0.717) is 18.5 Å². The number of nitrogens with zero attached hydrogens (tertiary/aromatic N) is 5. The summed E-state index contributed by atoms with van der Waals surface area (Å²) in [7, 11) is 0. The van der Waals surface area contributed by atoms with Crippen LogP contribution in [-0.4, -0.2) is 69.1 Å². The van der Waals surface area contributed by atoms with Crippen molar-refractivity contribution >= 4 is 16.9 Å². The van der Waals surface area contributed by atoms with Gasteiger partial charge in [-0.25, -0.2) is 9.97 Å². The van der Waals surface area contributed by atoms with Crippen LogP contribution >= 0.6 is 0 Å². The Balaban J connectivity index is 1.24. The van der Waals surface area contributed by atoms with Gasteiger partial charge < -0.3 is 14.2 Å². The van der Waals surface area contributed by atoms with Crippen LogP contribution in [0.2, 0.25) is 0 Å². The molecule has 2 aromatic heterocycles. The van der Waals surface area contributed by atoms with Crippen molar-refractivity contribution in [2.75, 3.05) is 32.7 Å². The van der Waals surface area contributed by atoms with E-state index >= 15 is 0 Å². The summed E-state index contributed by atoms with van der Waals surface area (Å²) >= 11 is 0. The lowest BCUT2D eigenvalue weighted by atomic mass is 10.1. The maximum Gasteiger partial charge on any atom is 0.236 e. The number of aromatic nitrogens is 3. The van der Waals surface area contributed by atoms with Crippen molar-refractivity contribution in [3.05, 3.63) is 17.6 Å². The van der Waals surface area contributed by atoms with Crippen LogP contribution in [0.5, 0.6) is 5.88 Å². The van der Waals surface area contributed by atoms with Crippen LogP contribution in [-0.2, 0) is 4.79 Å². The number of ether oxygens (including phenoxy) is 1. The Morgan fingerprint density at radius 3 is 2.41 bits per heavy atom. The van der Waals surface area contributed by atoms with Gasteiger partial charge in [-0.1, -0.05) is 12.8 Å². The second-order valence-corrected chi connectivity index (χ2v) is 9.93. The smallest absolute Gasteiger partial charge is 0.236 e. The summed E-state index contributed by atoms with van der Waals surface area (Å²) in [5.41, 5.74) is 3.57. The third kappa shape index (κ3) is 4.24. The monoisotopic (exact) mass is 439 g/mol. The molecule has 3 aliphatic rings. The molecule has 32 heavy (non-hydrogen) atoms. The summed E-state index contributed by atoms with van der Waals surface area (Å²) in [5.74, 6) is 1.02. The Morgan fingerprint density at radius 2 is 1.69 bits per heavy atom. The molecule has 0 aromatic carbocycles. The molecule has 3 fully saturated rings. The summed E-state index contributed by atoms with van der Waals surface area (Å²) in [6.45, 7) is 8.60. The SMILES string of the molecule is Cc1c(C)n(C2CCCC2)c2ncnc(OC3CCN(CC(=O)N4CCCCC4)CC3)c12. The second kappa shape index (κ2) is 9.38. The van der Waals surface area contributed by atoms with Gasteiger partial charge in [0.2, 0.25) is 11.8 Å². The number of aryl methyl sites for hydroxylation is 1. The molecule has 1 aliphatic carbocycles. The normalized spacial score (nSPS) is 21.5. The van der Waals surface area contributed by atoms with Crippen molar-refractivity contribution in [2.45, 2.75) is 83.8 Å². The molecule has 0 atom stereocenters. The Labute approximate surface area is 191 Å². The standard InChI is InChI=1S/C25H37N5O2/c1-18-19(2)30(20-8-4-5-9-20)24-23(18)25(27-17-26-24)32-21-10-14-28(15-11-21)16-22(31)29-12-6-3-7-13-29/h17,20-21H,3-16H2,1-2H3. The van der Waals surface area contributed by atoms with Gasteiger partial charge in [0.25, 0.3) is 0 Å². The molecule has 2 aromatic rings. The largest absolute Gasteiger partial charge is 0.474 e. The number of rotatable bonds is 5. The number of carbonyl (C=O) groups is 1. The first kappa shape index (κ1) is 21.7. The van der Waals surface area contributed by atoms with E-state index in [1.807, 2.05) is 4.90 Å². The molecule has 1 saturated carbocycles. The summed E-state index contributed by atoms with van der Waals surface area (Å²) in [4.78, 5) is 26.2. The van der Waals surface area contributed by atoms with Crippen LogP contribution in [0.3, 0.4) is 0 Å². The van der Waals surface area contributed by atoms with Crippen molar-refractivity contribution < 1.29 is 9.53 Å². The summed E-state index contributed by atoms with van der Waals surface area (Å²) < 4.78 is 8.90. The number of piperidine rings is 2. The maximum atomic E-state index is 12.6. The maximum absolute atomic E-state index is 12.6. The summed E-state index contributed by atoms with van der Waals surface area (Å²) in [5, 5.41) is 1.08. The van der Waals surface area contributed by atoms with Crippen LogP contribution < -0.4 is 4.74 Å². The van der Waals surface area contributed by atoms with Gasteiger partial charge in [0.15, 0.2) is 0 Å². The first-order valence-electron chi connectivity index (χ1n) is 12.6. The van der Waals surface area contributed by atoms with Crippen LogP contribution in [0, 0.1) is 13.8 Å². The van der Waals surface area contributed by atoms with E-state index in [9.17, 15) is 4.79 Å². The van der Waals surface area contributed by atoms with E-state index < -0.39 is 0 Å². The number of amides is 1. The topological polar surface area (TPSA) is 63.5 Å². The lowest BCUT2D eigenvalue weighted by Gasteiger charge is -2.34. The Morgan fingerprint density at radius 1 is 0.969 bits per heavy atom. The van der Waals surface area contributed by atoms with Crippen molar-refractivity contribution in [2.24, 2.45) is 0 Å². The Bertz CT molecular complexity index is 951. The molecule has 4 heterocycles. The highest BCUT2D eigenvalue weighted by Crippen LogP contribution is 2.38. The Hall–Kier alpha value is -2.15. The van der Waals surface area contributed by atoms with Gasteiger partial charge in [0.1, 0.15) is 18.1 Å². The third-order valence-electron chi connectivity index (χ3n) is 7.87.